The largest absolute Gasteiger partial charge is 0.375 e. The summed E-state index contributed by atoms with van der Waals surface area (Å²) in [5.41, 5.74) is 0. The van der Waals surface area contributed by atoms with Gasteiger partial charge in [0.2, 0.25) is 0 Å². The topological polar surface area (TPSA) is 34.3 Å². The van der Waals surface area contributed by atoms with Crippen molar-refractivity contribution in [3.8, 4) is 0 Å². The molecule has 2 heteroatoms. The van der Waals surface area contributed by atoms with Crippen LogP contribution in [0.5, 0.6) is 0 Å². The Morgan fingerprint density at radius 1 is 2.00 bits per heavy atom. The Labute approximate surface area is 31.7 Å². The van der Waals surface area contributed by atoms with Crippen LogP contribution in [-0.2, 0) is 0 Å². The minimum Gasteiger partial charge on any atom is -0.375 e. The lowest BCUT2D eigenvalue weighted by Gasteiger charge is -1.80. The smallest absolute Gasteiger partial charge is 0.111 e. The molecule has 29 valence electrons. The summed E-state index contributed by atoms with van der Waals surface area (Å²) in [5, 5.41) is 10.4. The van der Waals surface area contributed by atoms with E-state index in [0.717, 1.165) is 12.9 Å². The van der Waals surface area contributed by atoms with Gasteiger partial charge in [-0.3, -0.25) is 0 Å². The molecule has 5 heavy (non-hydrogen) atoms. The first-order valence-corrected chi connectivity index (χ1v) is 1.61. The SMILES string of the molecule is CCNC=[N]. The van der Waals surface area contributed by atoms with E-state index in [1.165, 1.54) is 0 Å². The van der Waals surface area contributed by atoms with Gasteiger partial charge in [0.05, 0.1) is 0 Å². The van der Waals surface area contributed by atoms with E-state index in [2.05, 4.69) is 5.32 Å². The zero-order chi connectivity index (χ0) is 4.12. The number of nitrogens with one attached hydrogen (secondary N) is 1. The number of rotatable bonds is 2. The standard InChI is InChI=1S/C3H7N2/c1-2-5-3-4/h3,5H,2H2,1H3. The molecule has 0 aliphatic rings. The summed E-state index contributed by atoms with van der Waals surface area (Å²) in [5.74, 6) is 0. The molecule has 0 bridgehead atoms. The highest BCUT2D eigenvalue weighted by Gasteiger charge is 1.57. The highest BCUT2D eigenvalue weighted by atomic mass is 14.9. The van der Waals surface area contributed by atoms with Crippen molar-refractivity contribution in [3.63, 3.8) is 0 Å². The lowest BCUT2D eigenvalue weighted by molar-refractivity contribution is 0.989. The van der Waals surface area contributed by atoms with E-state index >= 15 is 0 Å². The molecular formula is C3H7N2. The maximum atomic E-state index is 7.83. The Bertz CT molecular complexity index is 26.1. The molecule has 1 radical (unpaired) electrons. The maximum absolute atomic E-state index is 7.83. The van der Waals surface area contributed by atoms with Gasteiger partial charge in [-0.2, -0.15) is 0 Å². The highest BCUT2D eigenvalue weighted by molar-refractivity contribution is 5.50. The minimum atomic E-state index is 0.788. The molecular weight excluding hydrogens is 64.0 g/mol. The maximum Gasteiger partial charge on any atom is 0.111 e. The summed E-state index contributed by atoms with van der Waals surface area (Å²) >= 11 is 0. The van der Waals surface area contributed by atoms with Crippen LogP contribution in [0.4, 0.5) is 0 Å². The molecule has 0 spiro atoms. The van der Waals surface area contributed by atoms with Crippen LogP contribution in [0.1, 0.15) is 6.92 Å². The third kappa shape index (κ3) is 3.47. The van der Waals surface area contributed by atoms with Crippen molar-refractivity contribution in [2.45, 2.75) is 6.92 Å². The molecule has 0 unspecified atom stereocenters. The predicted octanol–water partition coefficient (Wildman–Crippen LogP) is -0.576. The molecule has 0 rings (SSSR count). The van der Waals surface area contributed by atoms with E-state index in [0.29, 0.717) is 0 Å². The lowest BCUT2D eigenvalue weighted by atomic mass is 10.8. The van der Waals surface area contributed by atoms with E-state index in [-0.39, 0.29) is 0 Å². The van der Waals surface area contributed by atoms with Gasteiger partial charge in [0.25, 0.3) is 0 Å². The van der Waals surface area contributed by atoms with Crippen LogP contribution in [0, 0.1) is 0 Å². The van der Waals surface area contributed by atoms with E-state index < -0.39 is 0 Å². The molecule has 0 aliphatic heterocycles. The number of hydrogen-bond donors (Lipinski definition) is 1. The van der Waals surface area contributed by atoms with Crippen molar-refractivity contribution in [1.82, 2.24) is 10.7 Å². The summed E-state index contributed by atoms with van der Waals surface area (Å²) in [6.45, 7) is 2.70. The van der Waals surface area contributed by atoms with Crippen molar-refractivity contribution in [2.24, 2.45) is 0 Å². The summed E-state index contributed by atoms with van der Waals surface area (Å²) < 4.78 is 0. The summed E-state index contributed by atoms with van der Waals surface area (Å²) in [6, 6.07) is 0. The quantitative estimate of drug-likeness (QED) is 0.343. The van der Waals surface area contributed by atoms with Crippen LogP contribution in [0.15, 0.2) is 0 Å². The molecule has 0 saturated heterocycles. The average Bonchev–Trinajstić information content (AvgIpc) is 1.41. The van der Waals surface area contributed by atoms with Crippen LogP contribution < -0.4 is 10.7 Å². The fraction of sp³-hybridized carbons (Fsp3) is 0.667. The summed E-state index contributed by atoms with van der Waals surface area (Å²) in [6.07, 6.45) is 0.931. The molecule has 0 atom stereocenters. The molecule has 2 nitrogen and oxygen atoms in total. The molecule has 0 aromatic rings. The average molecular weight is 71.1 g/mol. The normalized spacial score (nSPS) is 6.60. The van der Waals surface area contributed by atoms with Crippen molar-refractivity contribution in [1.29, 1.82) is 0 Å². The van der Waals surface area contributed by atoms with Crippen molar-refractivity contribution in [2.75, 3.05) is 6.54 Å². The predicted molar refractivity (Wildman–Crippen MR) is 21.9 cm³/mol. The van der Waals surface area contributed by atoms with Crippen molar-refractivity contribution in [3.05, 3.63) is 0 Å². The number of hydrogen-bond acceptors (Lipinski definition) is 0. The third-order valence-corrected chi connectivity index (χ3v) is 0.295. The van der Waals surface area contributed by atoms with Gasteiger partial charge >= 0.3 is 0 Å². The van der Waals surface area contributed by atoms with E-state index in [9.17, 15) is 0 Å². The molecule has 0 saturated carbocycles. The van der Waals surface area contributed by atoms with Crippen molar-refractivity contribution < 1.29 is 0 Å². The number of nitrogens with zero attached hydrogens (tertiary/aromatic N) is 1. The van der Waals surface area contributed by atoms with Gasteiger partial charge in [-0.15, -0.1) is 5.41 Å². The Morgan fingerprint density at radius 3 is 2.60 bits per heavy atom. The molecule has 1 N–H and O–H groups in total. The van der Waals surface area contributed by atoms with Crippen LogP contribution >= 0.6 is 0 Å². The third-order valence-electron chi connectivity index (χ3n) is 0.295. The first-order chi connectivity index (χ1) is 2.41. The second kappa shape index (κ2) is 3.47. The van der Waals surface area contributed by atoms with Crippen LogP contribution in [0.2, 0.25) is 0 Å². The Morgan fingerprint density at radius 2 is 2.60 bits per heavy atom. The Balaban J connectivity index is 2.40. The molecule has 0 aromatic heterocycles. The van der Waals surface area contributed by atoms with E-state index in [1.54, 1.807) is 0 Å². The fourth-order valence-electron chi connectivity index (χ4n) is 0.0913. The van der Waals surface area contributed by atoms with Gasteiger partial charge in [-0.1, -0.05) is 0 Å². The first kappa shape index (κ1) is 4.47. The van der Waals surface area contributed by atoms with Crippen molar-refractivity contribution >= 4 is 6.34 Å². The Hall–Kier alpha value is -0.530. The summed E-state index contributed by atoms with van der Waals surface area (Å²) in [4.78, 5) is 0. The molecule has 0 heterocycles. The van der Waals surface area contributed by atoms with E-state index in [1.807, 2.05) is 6.92 Å². The lowest BCUT2D eigenvalue weighted by Crippen LogP contribution is -2.08. The summed E-state index contributed by atoms with van der Waals surface area (Å²) in [7, 11) is 0. The molecule has 0 aliphatic carbocycles. The van der Waals surface area contributed by atoms with E-state index in [4.69, 9.17) is 5.41 Å². The first-order valence-electron chi connectivity index (χ1n) is 1.61. The zero-order valence-corrected chi connectivity index (χ0v) is 3.23. The van der Waals surface area contributed by atoms with Crippen LogP contribution in [0.25, 0.3) is 0 Å². The van der Waals surface area contributed by atoms with Gasteiger partial charge in [0.1, 0.15) is 6.34 Å². The van der Waals surface area contributed by atoms with Gasteiger partial charge in [-0.25, -0.2) is 0 Å². The van der Waals surface area contributed by atoms with Gasteiger partial charge in [0.15, 0.2) is 0 Å². The molecule has 0 fully saturated rings. The van der Waals surface area contributed by atoms with Gasteiger partial charge < -0.3 is 5.32 Å². The fourth-order valence-corrected chi connectivity index (χ4v) is 0.0913. The second-order valence-electron chi connectivity index (χ2n) is 0.687. The highest BCUT2D eigenvalue weighted by Crippen LogP contribution is 1.36. The Kier molecular flexibility index (Phi) is 3.10. The molecule has 0 amide bonds. The zero-order valence-electron chi connectivity index (χ0n) is 3.23. The minimum absolute atomic E-state index is 0.788. The monoisotopic (exact) mass is 71.1 g/mol. The van der Waals surface area contributed by atoms with Crippen LogP contribution in [0.3, 0.4) is 0 Å². The van der Waals surface area contributed by atoms with Gasteiger partial charge in [-0.05, 0) is 6.92 Å². The molecule has 0 aromatic carbocycles. The van der Waals surface area contributed by atoms with Crippen LogP contribution in [-0.4, -0.2) is 12.9 Å². The van der Waals surface area contributed by atoms with Gasteiger partial charge in [0, 0.05) is 6.54 Å². The second-order valence-corrected chi connectivity index (χ2v) is 0.687.